The van der Waals surface area contributed by atoms with Gasteiger partial charge in [0.2, 0.25) is 11.8 Å². The largest absolute Gasteiger partial charge is 0.472 e. The van der Waals surface area contributed by atoms with Crippen molar-refractivity contribution < 1.29 is 49.9 Å². The number of sulfone groups is 1. The number of amides is 2. The Bertz CT molecular complexity index is 2510. The molecule has 312 valence electrons. The Morgan fingerprint density at radius 3 is 2.47 bits per heavy atom. The standard InChI is InChI=1S/C42H43F4N5O7S/c1-41(14-15-41)59(56,57)23-36(53)42-20-24(42)7-5-3-2-4-6-8-32(47-37(54)31-13-16-51(49-31)40(45)46)39(55)50-22-27(19-34(50)35(52)21-42)58-38-29-12-10-25(43)17-30(29)28-11-9-26(44)18-33(28)48-38/h5,7,9-13,16-18,24,27,32,34,40H,2-4,6,8,14-15,19-23H2,1H3,(H,47,54)/b7-5-/t24-,27-,32+,34+,42-/m1/s1. The summed E-state index contributed by atoms with van der Waals surface area (Å²) in [6.07, 6.45) is 7.18. The highest BCUT2D eigenvalue weighted by molar-refractivity contribution is 7.93. The normalized spacial score (nSPS) is 26.5. The fourth-order valence-corrected chi connectivity index (χ4v) is 10.2. The molecule has 0 radical (unpaired) electrons. The summed E-state index contributed by atoms with van der Waals surface area (Å²) < 4.78 is 87.9. The molecule has 2 aromatic heterocycles. The summed E-state index contributed by atoms with van der Waals surface area (Å²) in [6, 6.07) is 6.54. The number of hydrogen-bond donors (Lipinski definition) is 1. The molecule has 0 unspecified atom stereocenters. The highest BCUT2D eigenvalue weighted by Gasteiger charge is 2.62. The smallest absolute Gasteiger partial charge is 0.333 e. The van der Waals surface area contributed by atoms with Crippen LogP contribution in [0.3, 0.4) is 0 Å². The predicted molar refractivity (Wildman–Crippen MR) is 207 cm³/mol. The lowest BCUT2D eigenvalue weighted by Gasteiger charge is -2.29. The first-order valence-electron chi connectivity index (χ1n) is 19.8. The Kier molecular flexibility index (Phi) is 10.6. The highest BCUT2D eigenvalue weighted by Crippen LogP contribution is 2.58. The Morgan fingerprint density at radius 2 is 1.75 bits per heavy atom. The van der Waals surface area contributed by atoms with E-state index in [1.807, 2.05) is 12.2 Å². The zero-order valence-electron chi connectivity index (χ0n) is 32.2. The van der Waals surface area contributed by atoms with Crippen molar-refractivity contribution in [2.45, 2.75) is 101 Å². The molecule has 4 aliphatic rings. The van der Waals surface area contributed by atoms with Gasteiger partial charge < -0.3 is 15.0 Å². The number of ether oxygens (including phenoxy) is 1. The number of halogens is 4. The van der Waals surface area contributed by atoms with E-state index in [0.29, 0.717) is 59.4 Å². The van der Waals surface area contributed by atoms with E-state index in [0.717, 1.165) is 12.3 Å². The lowest BCUT2D eigenvalue weighted by molar-refractivity contribution is -0.140. The molecule has 1 N–H and O–H groups in total. The molecule has 4 heterocycles. The van der Waals surface area contributed by atoms with E-state index in [2.05, 4.69) is 15.4 Å². The number of fused-ring (bicyclic) bond motifs is 5. The number of Topliss-reactive ketones (excluding diaryl/α,β-unsaturated/α-hetero) is 2. The number of aromatic nitrogens is 3. The lowest BCUT2D eigenvalue weighted by Crippen LogP contribution is -2.52. The number of allylic oxidation sites excluding steroid dienone is 2. The van der Waals surface area contributed by atoms with Crippen molar-refractivity contribution in [1.29, 1.82) is 0 Å². The molecule has 2 aliphatic heterocycles. The molecule has 17 heteroatoms. The topological polar surface area (TPSA) is 158 Å². The van der Waals surface area contributed by atoms with Gasteiger partial charge in [0.1, 0.15) is 35.2 Å². The number of nitrogens with zero attached hydrogens (tertiary/aromatic N) is 4. The van der Waals surface area contributed by atoms with E-state index in [-0.39, 0.29) is 55.2 Å². The fourth-order valence-electron chi connectivity index (χ4n) is 8.52. The molecule has 3 fully saturated rings. The van der Waals surface area contributed by atoms with Crippen LogP contribution in [-0.4, -0.2) is 86.7 Å². The van der Waals surface area contributed by atoms with Gasteiger partial charge in [0.05, 0.1) is 22.9 Å². The second-order valence-electron chi connectivity index (χ2n) is 16.5. The van der Waals surface area contributed by atoms with E-state index < -0.39 is 85.5 Å². The van der Waals surface area contributed by atoms with Gasteiger partial charge >= 0.3 is 6.55 Å². The van der Waals surface area contributed by atoms with Crippen LogP contribution < -0.4 is 10.1 Å². The molecular formula is C42H43F4N5O7S. The third-order valence-corrected chi connectivity index (χ3v) is 15.0. The zero-order valence-corrected chi connectivity index (χ0v) is 33.0. The molecule has 2 saturated carbocycles. The van der Waals surface area contributed by atoms with Gasteiger partial charge in [0.25, 0.3) is 5.91 Å². The number of carbonyl (C=O) groups is 4. The van der Waals surface area contributed by atoms with E-state index >= 15 is 0 Å². The zero-order chi connectivity index (χ0) is 41.9. The first-order chi connectivity index (χ1) is 28.1. The van der Waals surface area contributed by atoms with Crippen LogP contribution in [0.25, 0.3) is 21.7 Å². The van der Waals surface area contributed by atoms with Gasteiger partial charge in [0, 0.05) is 41.3 Å². The molecular weight excluding hydrogens is 795 g/mol. The molecule has 2 aliphatic carbocycles. The third kappa shape index (κ3) is 7.97. The van der Waals surface area contributed by atoms with Crippen molar-refractivity contribution in [3.8, 4) is 5.88 Å². The molecule has 12 nitrogen and oxygen atoms in total. The Balaban J connectivity index is 1.13. The van der Waals surface area contributed by atoms with E-state index in [1.54, 1.807) is 6.92 Å². The molecule has 5 atom stereocenters. The first kappa shape index (κ1) is 40.6. The summed E-state index contributed by atoms with van der Waals surface area (Å²) in [6.45, 7) is -1.57. The van der Waals surface area contributed by atoms with Gasteiger partial charge in [-0.25, -0.2) is 26.9 Å². The average Bonchev–Trinajstić information content (AvgIpc) is 3.95. The van der Waals surface area contributed by atoms with Gasteiger partial charge in [-0.3, -0.25) is 19.2 Å². The summed E-state index contributed by atoms with van der Waals surface area (Å²) in [7, 11) is -3.80. The maximum atomic E-state index is 14.7. The van der Waals surface area contributed by atoms with Crippen LogP contribution in [0.4, 0.5) is 17.6 Å². The van der Waals surface area contributed by atoms with Crippen molar-refractivity contribution >= 4 is 54.9 Å². The van der Waals surface area contributed by atoms with Crippen molar-refractivity contribution in [1.82, 2.24) is 25.0 Å². The van der Waals surface area contributed by atoms with Crippen LogP contribution in [-0.2, 0) is 24.2 Å². The number of hydrogen-bond acceptors (Lipinski definition) is 9. The lowest BCUT2D eigenvalue weighted by atomic mass is 9.88. The molecule has 0 bridgehead atoms. The van der Waals surface area contributed by atoms with E-state index in [9.17, 15) is 45.2 Å². The van der Waals surface area contributed by atoms with Gasteiger partial charge in [-0.1, -0.05) is 25.0 Å². The Morgan fingerprint density at radius 1 is 1.00 bits per heavy atom. The molecule has 2 aromatic carbocycles. The molecule has 2 amide bonds. The third-order valence-electron chi connectivity index (χ3n) is 12.5. The van der Waals surface area contributed by atoms with E-state index in [1.165, 1.54) is 41.3 Å². The number of benzene rings is 2. The van der Waals surface area contributed by atoms with Gasteiger partial charge in [-0.05, 0) is 93.2 Å². The minimum Gasteiger partial charge on any atom is -0.472 e. The Hall–Kier alpha value is -5.19. The Labute approximate surface area is 337 Å². The van der Waals surface area contributed by atoms with Crippen molar-refractivity contribution in [3.05, 3.63) is 78.1 Å². The molecule has 1 saturated heterocycles. The summed E-state index contributed by atoms with van der Waals surface area (Å²) in [5, 5.41) is 7.53. The van der Waals surface area contributed by atoms with Gasteiger partial charge in [-0.15, -0.1) is 0 Å². The molecule has 8 rings (SSSR count). The van der Waals surface area contributed by atoms with Crippen molar-refractivity contribution in [3.63, 3.8) is 0 Å². The van der Waals surface area contributed by atoms with Crippen molar-refractivity contribution in [2.24, 2.45) is 11.3 Å². The van der Waals surface area contributed by atoms with Gasteiger partial charge in [0.15, 0.2) is 21.4 Å². The molecule has 59 heavy (non-hydrogen) atoms. The second-order valence-corrected chi connectivity index (χ2v) is 19.0. The minimum absolute atomic E-state index is 0.00280. The maximum absolute atomic E-state index is 14.7. The number of ketones is 2. The summed E-state index contributed by atoms with van der Waals surface area (Å²) >= 11 is 0. The maximum Gasteiger partial charge on any atom is 0.333 e. The predicted octanol–water partition coefficient (Wildman–Crippen LogP) is 6.43. The summed E-state index contributed by atoms with van der Waals surface area (Å²) in [5.41, 5.74) is -1.45. The summed E-state index contributed by atoms with van der Waals surface area (Å²) in [5.74, 6) is -4.77. The van der Waals surface area contributed by atoms with Gasteiger partial charge in [-0.2, -0.15) is 13.9 Å². The number of pyridine rings is 1. The SMILES string of the molecule is CC1(S(=O)(=O)CC(=O)[C@]23CC(=O)[C@@H]4C[C@@H](Oc5nc6cc(F)ccc6c6cc(F)ccc56)CN4C(=O)[C@@H](NC(=O)c4ccn(C(F)F)n4)CCCCC/C=C\[C@@H]2C3)CC1. The van der Waals surface area contributed by atoms with Crippen LogP contribution in [0.2, 0.25) is 0 Å². The van der Waals surface area contributed by atoms with Crippen LogP contribution in [0.15, 0.2) is 60.8 Å². The minimum atomic E-state index is -3.80. The second kappa shape index (κ2) is 15.4. The highest BCUT2D eigenvalue weighted by atomic mass is 32.2. The number of rotatable bonds is 9. The summed E-state index contributed by atoms with van der Waals surface area (Å²) in [4.78, 5) is 62.5. The average molecular weight is 838 g/mol. The fraction of sp³-hybridized carbons (Fsp3) is 0.476. The van der Waals surface area contributed by atoms with Crippen LogP contribution in [0, 0.1) is 23.0 Å². The molecule has 4 aromatic rings. The first-order valence-corrected chi connectivity index (χ1v) is 21.5. The number of carbonyl (C=O) groups excluding carboxylic acids is 4. The monoisotopic (exact) mass is 837 g/mol. The van der Waals surface area contributed by atoms with Crippen LogP contribution in [0.5, 0.6) is 5.88 Å². The quantitative estimate of drug-likeness (QED) is 0.114. The number of nitrogens with one attached hydrogen (secondary N) is 1. The number of alkyl halides is 2. The van der Waals surface area contributed by atoms with Crippen molar-refractivity contribution in [2.75, 3.05) is 12.3 Å². The molecule has 0 spiro atoms. The van der Waals surface area contributed by atoms with Crippen LogP contribution in [0.1, 0.15) is 88.2 Å². The van der Waals surface area contributed by atoms with E-state index in [4.69, 9.17) is 4.74 Å². The van der Waals surface area contributed by atoms with Crippen LogP contribution >= 0.6 is 0 Å².